The fraction of sp³-hybridized carbons (Fsp3) is 0.348. The lowest BCUT2D eigenvalue weighted by Crippen LogP contribution is -2.28. The minimum absolute atomic E-state index is 0.00424. The van der Waals surface area contributed by atoms with Crippen LogP contribution in [0, 0.1) is 10.1 Å². The molecule has 0 aliphatic heterocycles. The third-order valence-electron chi connectivity index (χ3n) is 4.64. The lowest BCUT2D eigenvalue weighted by Gasteiger charge is -2.24. The van der Waals surface area contributed by atoms with Crippen molar-refractivity contribution >= 4 is 17.7 Å². The van der Waals surface area contributed by atoms with Crippen molar-refractivity contribution in [3.63, 3.8) is 0 Å². The van der Waals surface area contributed by atoms with Crippen LogP contribution in [0.1, 0.15) is 44.4 Å². The van der Waals surface area contributed by atoms with Gasteiger partial charge in [-0.3, -0.25) is 14.9 Å². The summed E-state index contributed by atoms with van der Waals surface area (Å²) in [6.07, 6.45) is 4.09. The Morgan fingerprint density at radius 3 is 2.60 bits per heavy atom. The maximum Gasteiger partial charge on any atom is 0.269 e. The van der Waals surface area contributed by atoms with E-state index in [2.05, 4.69) is 0 Å². The summed E-state index contributed by atoms with van der Waals surface area (Å²) >= 11 is 0. The summed E-state index contributed by atoms with van der Waals surface area (Å²) < 4.78 is 11.3. The molecule has 0 aliphatic carbocycles. The molecular formula is C23H28N2O5. The summed E-state index contributed by atoms with van der Waals surface area (Å²) in [4.78, 5) is 24.7. The number of hydrogen-bond donors (Lipinski definition) is 0. The molecule has 160 valence electrons. The van der Waals surface area contributed by atoms with E-state index in [0.29, 0.717) is 30.3 Å². The first-order valence-electron chi connectivity index (χ1n) is 9.96. The lowest BCUT2D eigenvalue weighted by molar-refractivity contribution is -0.384. The zero-order valence-corrected chi connectivity index (χ0v) is 17.8. The smallest absolute Gasteiger partial charge is 0.269 e. The number of nitro groups is 1. The van der Waals surface area contributed by atoms with Crippen LogP contribution in [-0.4, -0.2) is 36.0 Å². The molecule has 2 aromatic carbocycles. The molecule has 0 N–H and O–H groups in total. The minimum atomic E-state index is -0.443. The van der Waals surface area contributed by atoms with Gasteiger partial charge in [-0.25, -0.2) is 0 Å². The van der Waals surface area contributed by atoms with Crippen LogP contribution in [0.15, 0.2) is 48.5 Å². The molecule has 7 nitrogen and oxygen atoms in total. The number of hydrogen-bond acceptors (Lipinski definition) is 5. The molecule has 0 heterocycles. The van der Waals surface area contributed by atoms with Gasteiger partial charge in [0.25, 0.3) is 5.69 Å². The van der Waals surface area contributed by atoms with Crippen molar-refractivity contribution in [3.05, 3.63) is 69.8 Å². The summed E-state index contributed by atoms with van der Waals surface area (Å²) in [7, 11) is 1.67. The van der Waals surface area contributed by atoms with Gasteiger partial charge in [0.05, 0.1) is 24.2 Å². The van der Waals surface area contributed by atoms with Gasteiger partial charge in [0.15, 0.2) is 11.5 Å². The minimum Gasteiger partial charge on any atom is -0.490 e. The van der Waals surface area contributed by atoms with Gasteiger partial charge in [0.2, 0.25) is 5.91 Å². The molecular weight excluding hydrogens is 384 g/mol. The highest BCUT2D eigenvalue weighted by atomic mass is 16.6. The number of amides is 1. The maximum absolute atomic E-state index is 12.6. The molecule has 0 spiro atoms. The number of rotatable bonds is 10. The van der Waals surface area contributed by atoms with Gasteiger partial charge in [-0.05, 0) is 49.6 Å². The molecule has 0 saturated carbocycles. The Balaban J connectivity index is 2.13. The molecule has 0 saturated heterocycles. The van der Waals surface area contributed by atoms with Gasteiger partial charge in [-0.15, -0.1) is 0 Å². The zero-order chi connectivity index (χ0) is 22.1. The number of likely N-dealkylation sites (N-methyl/N-ethyl adjacent to an activating group) is 1. The second-order valence-electron chi connectivity index (χ2n) is 6.80. The van der Waals surface area contributed by atoms with E-state index in [1.54, 1.807) is 25.3 Å². The van der Waals surface area contributed by atoms with Gasteiger partial charge in [-0.1, -0.05) is 25.1 Å². The van der Waals surface area contributed by atoms with Gasteiger partial charge >= 0.3 is 0 Å². The van der Waals surface area contributed by atoms with Crippen LogP contribution in [0.5, 0.6) is 11.5 Å². The van der Waals surface area contributed by atoms with Gasteiger partial charge < -0.3 is 14.4 Å². The molecule has 2 rings (SSSR count). The van der Waals surface area contributed by atoms with Crippen LogP contribution in [-0.2, 0) is 4.79 Å². The maximum atomic E-state index is 12.6. The predicted octanol–water partition coefficient (Wildman–Crippen LogP) is 5.02. The van der Waals surface area contributed by atoms with Crippen LogP contribution in [0.2, 0.25) is 0 Å². The molecule has 1 atom stereocenters. The molecule has 30 heavy (non-hydrogen) atoms. The number of carbonyl (C=O) groups is 1. The summed E-state index contributed by atoms with van der Waals surface area (Å²) in [5.41, 5.74) is 1.51. The number of nitro benzene ring substituents is 1. The van der Waals surface area contributed by atoms with Crippen molar-refractivity contribution in [1.82, 2.24) is 4.90 Å². The third-order valence-corrected chi connectivity index (χ3v) is 4.64. The van der Waals surface area contributed by atoms with E-state index in [0.717, 1.165) is 12.0 Å². The third kappa shape index (κ3) is 6.07. The number of benzene rings is 2. The fourth-order valence-electron chi connectivity index (χ4n) is 2.83. The van der Waals surface area contributed by atoms with Crippen molar-refractivity contribution in [3.8, 4) is 11.5 Å². The highest BCUT2D eigenvalue weighted by molar-refractivity contribution is 5.92. The summed E-state index contributed by atoms with van der Waals surface area (Å²) in [5.74, 6) is 1.11. The van der Waals surface area contributed by atoms with Crippen LogP contribution in [0.3, 0.4) is 0 Å². The van der Waals surface area contributed by atoms with Crippen molar-refractivity contribution in [2.24, 2.45) is 0 Å². The van der Waals surface area contributed by atoms with Gasteiger partial charge in [-0.2, -0.15) is 0 Å². The highest BCUT2D eigenvalue weighted by Crippen LogP contribution is 2.29. The molecule has 0 bridgehead atoms. The first-order valence-corrected chi connectivity index (χ1v) is 9.96. The average Bonchev–Trinajstić information content (AvgIpc) is 2.76. The Morgan fingerprint density at radius 2 is 1.93 bits per heavy atom. The number of non-ortho nitro benzene ring substituents is 1. The standard InChI is InChI=1S/C23H28N2O5/c1-5-14-30-21-12-10-18(15-22(21)29-6-2)11-13-23(26)24(4)17(3)19-8-7-9-20(16-19)25(27)28/h7-13,15-17H,5-6,14H2,1-4H3/b13-11+. The topological polar surface area (TPSA) is 81.9 Å². The predicted molar refractivity (Wildman–Crippen MR) is 117 cm³/mol. The summed E-state index contributed by atoms with van der Waals surface area (Å²) in [5, 5.41) is 11.0. The van der Waals surface area contributed by atoms with E-state index in [-0.39, 0.29) is 17.6 Å². The Hall–Kier alpha value is -3.35. The largest absolute Gasteiger partial charge is 0.490 e. The SMILES string of the molecule is CCCOc1ccc(/C=C/C(=O)N(C)C(C)c2cccc([N+](=O)[O-])c2)cc1OCC. The van der Waals surface area contributed by atoms with Crippen molar-refractivity contribution < 1.29 is 19.2 Å². The Kier molecular flexibility index (Phi) is 8.41. The normalized spacial score (nSPS) is 11.9. The molecule has 0 radical (unpaired) electrons. The number of ether oxygens (including phenoxy) is 2. The highest BCUT2D eigenvalue weighted by Gasteiger charge is 2.18. The summed E-state index contributed by atoms with van der Waals surface area (Å²) in [6.45, 7) is 6.89. The zero-order valence-electron chi connectivity index (χ0n) is 17.8. The first-order chi connectivity index (χ1) is 14.4. The number of carbonyl (C=O) groups excluding carboxylic acids is 1. The van der Waals surface area contributed by atoms with Crippen LogP contribution in [0.4, 0.5) is 5.69 Å². The monoisotopic (exact) mass is 412 g/mol. The first kappa shape index (κ1) is 22.9. The van der Waals surface area contributed by atoms with E-state index in [9.17, 15) is 14.9 Å². The second kappa shape index (κ2) is 11.0. The molecule has 0 aromatic heterocycles. The Morgan fingerprint density at radius 1 is 1.17 bits per heavy atom. The molecule has 1 unspecified atom stereocenters. The molecule has 1 amide bonds. The number of nitrogens with zero attached hydrogens (tertiary/aromatic N) is 2. The van der Waals surface area contributed by atoms with Crippen LogP contribution >= 0.6 is 0 Å². The van der Waals surface area contributed by atoms with Crippen molar-refractivity contribution in [2.45, 2.75) is 33.2 Å². The molecule has 2 aromatic rings. The van der Waals surface area contributed by atoms with E-state index < -0.39 is 4.92 Å². The Labute approximate surface area is 177 Å². The quantitative estimate of drug-likeness (QED) is 0.311. The summed E-state index contributed by atoms with van der Waals surface area (Å²) in [6, 6.07) is 11.5. The lowest BCUT2D eigenvalue weighted by atomic mass is 10.1. The van der Waals surface area contributed by atoms with E-state index in [4.69, 9.17) is 9.47 Å². The van der Waals surface area contributed by atoms with E-state index in [1.165, 1.54) is 23.1 Å². The molecule has 0 fully saturated rings. The average molecular weight is 412 g/mol. The van der Waals surface area contributed by atoms with Gasteiger partial charge in [0.1, 0.15) is 0 Å². The van der Waals surface area contributed by atoms with E-state index in [1.807, 2.05) is 39.0 Å². The fourth-order valence-corrected chi connectivity index (χ4v) is 2.83. The Bertz CT molecular complexity index is 910. The van der Waals surface area contributed by atoms with Crippen molar-refractivity contribution in [1.29, 1.82) is 0 Å². The molecule has 0 aliphatic rings. The van der Waals surface area contributed by atoms with E-state index >= 15 is 0 Å². The van der Waals surface area contributed by atoms with Gasteiger partial charge in [0, 0.05) is 25.3 Å². The van der Waals surface area contributed by atoms with Crippen molar-refractivity contribution in [2.75, 3.05) is 20.3 Å². The van der Waals surface area contributed by atoms with Crippen LogP contribution < -0.4 is 9.47 Å². The molecule has 7 heteroatoms. The second-order valence-corrected chi connectivity index (χ2v) is 6.80. The van der Waals surface area contributed by atoms with Crippen LogP contribution in [0.25, 0.3) is 6.08 Å².